The number of fused-ring (bicyclic) bond motifs is 2. The Morgan fingerprint density at radius 2 is 1.84 bits per heavy atom. The average Bonchev–Trinajstić information content (AvgIpc) is 3.26. The molecule has 1 saturated heterocycles. The second kappa shape index (κ2) is 7.32. The van der Waals surface area contributed by atoms with Crippen LogP contribution in [0.25, 0.3) is 0 Å². The molecular formula is C20H28FN3O. The molecule has 5 heteroatoms. The lowest BCUT2D eigenvalue weighted by atomic mass is 9.88. The van der Waals surface area contributed by atoms with Crippen LogP contribution in [0.2, 0.25) is 0 Å². The summed E-state index contributed by atoms with van der Waals surface area (Å²) in [5.74, 6) is 1.87. The standard InChI is InChI=1S/C20H28FN3O/c21-17-3-5-18(6-4-17)24-11-9-23(10-12-24)8-7-22-20(25)19-14-15-1-2-16(19)13-15/h3-6,15-16,19H,1-2,7-14H2,(H,22,25)/t15-,16-,19-/m0/s1. The lowest BCUT2D eigenvalue weighted by Gasteiger charge is -2.36. The molecule has 3 fully saturated rings. The van der Waals surface area contributed by atoms with Crippen LogP contribution in [-0.2, 0) is 4.79 Å². The zero-order valence-electron chi connectivity index (χ0n) is 14.8. The number of carbonyl (C=O) groups is 1. The molecule has 2 aliphatic carbocycles. The smallest absolute Gasteiger partial charge is 0.223 e. The van der Waals surface area contributed by atoms with Gasteiger partial charge in [0.1, 0.15) is 5.82 Å². The van der Waals surface area contributed by atoms with Crippen molar-refractivity contribution < 1.29 is 9.18 Å². The molecule has 1 N–H and O–H groups in total. The van der Waals surface area contributed by atoms with Crippen LogP contribution >= 0.6 is 0 Å². The van der Waals surface area contributed by atoms with Crippen LogP contribution in [-0.4, -0.2) is 50.1 Å². The van der Waals surface area contributed by atoms with E-state index in [-0.39, 0.29) is 17.6 Å². The number of piperazine rings is 1. The van der Waals surface area contributed by atoms with Gasteiger partial charge < -0.3 is 10.2 Å². The van der Waals surface area contributed by atoms with Crippen molar-refractivity contribution in [3.63, 3.8) is 0 Å². The van der Waals surface area contributed by atoms with Crippen molar-refractivity contribution in [2.24, 2.45) is 17.8 Å². The first kappa shape index (κ1) is 16.8. The Kier molecular flexibility index (Phi) is 4.93. The van der Waals surface area contributed by atoms with E-state index < -0.39 is 0 Å². The van der Waals surface area contributed by atoms with Crippen molar-refractivity contribution in [1.82, 2.24) is 10.2 Å². The van der Waals surface area contributed by atoms with Crippen LogP contribution in [0.15, 0.2) is 24.3 Å². The van der Waals surface area contributed by atoms with Crippen LogP contribution in [0.5, 0.6) is 0 Å². The summed E-state index contributed by atoms with van der Waals surface area (Å²) >= 11 is 0. The lowest BCUT2D eigenvalue weighted by Crippen LogP contribution is -2.49. The SMILES string of the molecule is O=C(NCCN1CCN(c2ccc(F)cc2)CC1)[C@H]1C[C@H]2CC[C@H]1C2. The van der Waals surface area contributed by atoms with Gasteiger partial charge in [-0.3, -0.25) is 9.69 Å². The summed E-state index contributed by atoms with van der Waals surface area (Å²) in [6.45, 7) is 5.55. The number of carbonyl (C=O) groups excluding carboxylic acids is 1. The van der Waals surface area contributed by atoms with Gasteiger partial charge in [-0.2, -0.15) is 0 Å². The summed E-state index contributed by atoms with van der Waals surface area (Å²) in [5.41, 5.74) is 1.09. The van der Waals surface area contributed by atoms with Gasteiger partial charge in [-0.15, -0.1) is 0 Å². The molecule has 2 saturated carbocycles. The first-order chi connectivity index (χ1) is 12.2. The van der Waals surface area contributed by atoms with E-state index >= 15 is 0 Å². The van der Waals surface area contributed by atoms with Crippen molar-refractivity contribution in [2.45, 2.75) is 25.7 Å². The Labute approximate surface area is 149 Å². The first-order valence-electron chi connectivity index (χ1n) is 9.69. The number of hydrogen-bond donors (Lipinski definition) is 1. The zero-order valence-corrected chi connectivity index (χ0v) is 14.8. The van der Waals surface area contributed by atoms with Crippen LogP contribution in [0.3, 0.4) is 0 Å². The Morgan fingerprint density at radius 1 is 1.08 bits per heavy atom. The van der Waals surface area contributed by atoms with E-state index in [1.165, 1.54) is 31.4 Å². The zero-order chi connectivity index (χ0) is 17.2. The monoisotopic (exact) mass is 345 g/mol. The van der Waals surface area contributed by atoms with E-state index in [1.54, 1.807) is 0 Å². The molecule has 0 radical (unpaired) electrons. The second-order valence-corrected chi connectivity index (χ2v) is 7.88. The van der Waals surface area contributed by atoms with E-state index in [0.29, 0.717) is 5.92 Å². The van der Waals surface area contributed by atoms with Crippen LogP contribution in [0, 0.1) is 23.6 Å². The van der Waals surface area contributed by atoms with Gasteiger partial charge >= 0.3 is 0 Å². The maximum Gasteiger partial charge on any atom is 0.223 e. The van der Waals surface area contributed by atoms with Crippen molar-refractivity contribution in [3.05, 3.63) is 30.1 Å². The molecule has 0 unspecified atom stereocenters. The third kappa shape index (κ3) is 3.81. The molecule has 1 aromatic rings. The van der Waals surface area contributed by atoms with Gasteiger partial charge in [0.25, 0.3) is 0 Å². The first-order valence-corrected chi connectivity index (χ1v) is 9.69. The van der Waals surface area contributed by atoms with Gasteiger partial charge in [-0.05, 0) is 55.4 Å². The van der Waals surface area contributed by atoms with Gasteiger partial charge in [0.05, 0.1) is 0 Å². The fraction of sp³-hybridized carbons (Fsp3) is 0.650. The molecule has 0 aromatic heterocycles. The van der Waals surface area contributed by atoms with E-state index in [1.807, 2.05) is 12.1 Å². The van der Waals surface area contributed by atoms with Crippen LogP contribution in [0.4, 0.5) is 10.1 Å². The molecule has 25 heavy (non-hydrogen) atoms. The van der Waals surface area contributed by atoms with Crippen LogP contribution in [0.1, 0.15) is 25.7 Å². The quantitative estimate of drug-likeness (QED) is 0.891. The summed E-state index contributed by atoms with van der Waals surface area (Å²) in [7, 11) is 0. The molecule has 3 aliphatic rings. The molecule has 1 aromatic carbocycles. The minimum Gasteiger partial charge on any atom is -0.369 e. The molecule has 136 valence electrons. The number of nitrogens with one attached hydrogen (secondary N) is 1. The molecule has 4 nitrogen and oxygen atoms in total. The predicted octanol–water partition coefficient (Wildman–Crippen LogP) is 2.50. The van der Waals surface area contributed by atoms with Gasteiger partial charge in [0.15, 0.2) is 0 Å². The summed E-state index contributed by atoms with van der Waals surface area (Å²) in [6, 6.07) is 6.74. The highest BCUT2D eigenvalue weighted by atomic mass is 19.1. The van der Waals surface area contributed by atoms with E-state index in [2.05, 4.69) is 15.1 Å². The van der Waals surface area contributed by atoms with E-state index in [4.69, 9.17) is 0 Å². The number of rotatable bonds is 5. The topological polar surface area (TPSA) is 35.6 Å². The highest BCUT2D eigenvalue weighted by Gasteiger charge is 2.42. The summed E-state index contributed by atoms with van der Waals surface area (Å²) in [6.07, 6.45) is 5.00. The largest absolute Gasteiger partial charge is 0.369 e. The summed E-state index contributed by atoms with van der Waals surface area (Å²) < 4.78 is 13.0. The second-order valence-electron chi connectivity index (χ2n) is 7.88. The maximum atomic E-state index is 13.0. The predicted molar refractivity (Wildman–Crippen MR) is 97.0 cm³/mol. The third-order valence-corrected chi connectivity index (χ3v) is 6.37. The van der Waals surface area contributed by atoms with Crippen molar-refractivity contribution in [1.29, 1.82) is 0 Å². The fourth-order valence-corrected chi connectivity index (χ4v) is 4.92. The number of benzene rings is 1. The van der Waals surface area contributed by atoms with E-state index in [9.17, 15) is 9.18 Å². The third-order valence-electron chi connectivity index (χ3n) is 6.37. The number of anilines is 1. The Balaban J connectivity index is 1.17. The molecule has 3 atom stereocenters. The number of nitrogens with zero attached hydrogens (tertiary/aromatic N) is 2. The lowest BCUT2D eigenvalue weighted by molar-refractivity contribution is -0.126. The minimum atomic E-state index is -0.186. The molecule has 0 spiro atoms. The summed E-state index contributed by atoms with van der Waals surface area (Å²) in [5, 5.41) is 3.17. The molecule has 2 bridgehead atoms. The average molecular weight is 345 g/mol. The molecule has 1 heterocycles. The van der Waals surface area contributed by atoms with Crippen LogP contribution < -0.4 is 10.2 Å². The van der Waals surface area contributed by atoms with Crippen molar-refractivity contribution >= 4 is 11.6 Å². The molecule has 1 amide bonds. The number of amides is 1. The van der Waals surface area contributed by atoms with Crippen molar-refractivity contribution in [3.8, 4) is 0 Å². The highest BCUT2D eigenvalue weighted by Crippen LogP contribution is 2.48. The van der Waals surface area contributed by atoms with E-state index in [0.717, 1.165) is 57.3 Å². The number of halogens is 1. The van der Waals surface area contributed by atoms with Crippen molar-refractivity contribution in [2.75, 3.05) is 44.2 Å². The van der Waals surface area contributed by atoms with Gasteiger partial charge in [0.2, 0.25) is 5.91 Å². The Hall–Kier alpha value is -1.62. The Morgan fingerprint density at radius 3 is 2.48 bits per heavy atom. The molecular weight excluding hydrogens is 317 g/mol. The Bertz CT molecular complexity index is 597. The fourth-order valence-electron chi connectivity index (χ4n) is 4.92. The highest BCUT2D eigenvalue weighted by molar-refractivity contribution is 5.79. The molecule has 1 aliphatic heterocycles. The maximum absolute atomic E-state index is 13.0. The van der Waals surface area contributed by atoms with Gasteiger partial charge in [-0.1, -0.05) is 6.42 Å². The van der Waals surface area contributed by atoms with Gasteiger partial charge in [0, 0.05) is 50.9 Å². The van der Waals surface area contributed by atoms with Gasteiger partial charge in [-0.25, -0.2) is 4.39 Å². The summed E-state index contributed by atoms with van der Waals surface area (Å²) in [4.78, 5) is 17.1. The minimum absolute atomic E-state index is 0.186. The molecule has 4 rings (SSSR count). The number of hydrogen-bond acceptors (Lipinski definition) is 3. The normalized spacial score (nSPS) is 29.2.